The fourth-order valence-corrected chi connectivity index (χ4v) is 11.1. The number of anilines is 3. The molecule has 13 rings (SSSR count). The first-order valence-electron chi connectivity index (χ1n) is 23.7. The molecule has 0 unspecified atom stereocenters. The minimum absolute atomic E-state index is 0.472. The third-order valence-corrected chi connectivity index (χ3v) is 14.2. The van der Waals surface area contributed by atoms with Crippen LogP contribution in [0.25, 0.3) is 77.6 Å². The highest BCUT2D eigenvalue weighted by molar-refractivity contribution is 6.11. The van der Waals surface area contributed by atoms with Crippen LogP contribution in [0.3, 0.4) is 0 Å². The molecule has 0 aliphatic heterocycles. The molecular formula is C67H45NO. The van der Waals surface area contributed by atoms with Gasteiger partial charge in [0.05, 0.1) is 11.1 Å². The van der Waals surface area contributed by atoms with Gasteiger partial charge in [0.2, 0.25) is 0 Å². The van der Waals surface area contributed by atoms with Crippen molar-refractivity contribution in [3.8, 4) is 55.6 Å². The van der Waals surface area contributed by atoms with Crippen LogP contribution in [0.1, 0.15) is 22.3 Å². The Balaban J connectivity index is 0.973. The zero-order chi connectivity index (χ0) is 45.7. The van der Waals surface area contributed by atoms with Crippen molar-refractivity contribution in [3.63, 3.8) is 0 Å². The highest BCUT2D eigenvalue weighted by Crippen LogP contribution is 2.58. The van der Waals surface area contributed by atoms with Crippen LogP contribution in [0.2, 0.25) is 0 Å². The molecule has 2 nitrogen and oxygen atoms in total. The van der Waals surface area contributed by atoms with E-state index in [9.17, 15) is 0 Å². The molecule has 12 aromatic rings. The van der Waals surface area contributed by atoms with E-state index in [1.165, 1.54) is 50.1 Å². The highest BCUT2D eigenvalue weighted by Gasteiger charge is 2.46. The minimum Gasteiger partial charge on any atom is -0.455 e. The highest BCUT2D eigenvalue weighted by atomic mass is 16.3. The van der Waals surface area contributed by atoms with Gasteiger partial charge in [0.25, 0.3) is 0 Å². The summed E-state index contributed by atoms with van der Waals surface area (Å²) < 4.78 is 6.68. The first-order chi connectivity index (χ1) is 34.2. The van der Waals surface area contributed by atoms with Crippen molar-refractivity contribution in [2.45, 2.75) is 5.41 Å². The Morgan fingerprint density at radius 1 is 0.304 bits per heavy atom. The number of hydrogen-bond acceptors (Lipinski definition) is 2. The first-order valence-corrected chi connectivity index (χ1v) is 23.7. The van der Waals surface area contributed by atoms with Crippen LogP contribution in [0.5, 0.6) is 0 Å². The fourth-order valence-electron chi connectivity index (χ4n) is 11.1. The van der Waals surface area contributed by atoms with E-state index < -0.39 is 5.41 Å². The normalized spacial score (nSPS) is 12.5. The molecule has 0 atom stereocenters. The van der Waals surface area contributed by atoms with Gasteiger partial charge in [0.15, 0.2) is 0 Å². The number of benzene rings is 11. The molecule has 2 heteroatoms. The molecule has 11 aromatic carbocycles. The molecule has 0 spiro atoms. The van der Waals surface area contributed by atoms with Crippen molar-refractivity contribution in [1.29, 1.82) is 0 Å². The average molecular weight is 880 g/mol. The summed E-state index contributed by atoms with van der Waals surface area (Å²) in [5.74, 6) is 0. The lowest BCUT2D eigenvalue weighted by Crippen LogP contribution is -2.28. The molecule has 0 amide bonds. The SMILES string of the molecule is c1ccc(-c2ccc(-c3cccc(N(c4ccc(-c5cccc6c5-c5ccccc5C6(c5ccccc5)c5ccccc5)cc4)c4ccccc4-c4cccc5c4oc4ccccc45)c3)cc2)cc1. The molecule has 0 saturated carbocycles. The fraction of sp³-hybridized carbons (Fsp3) is 0.0149. The van der Waals surface area contributed by atoms with E-state index in [-0.39, 0.29) is 0 Å². The number of fused-ring (bicyclic) bond motifs is 6. The predicted octanol–water partition coefficient (Wildman–Crippen LogP) is 18.1. The van der Waals surface area contributed by atoms with Crippen LogP contribution in [0, 0.1) is 0 Å². The summed E-state index contributed by atoms with van der Waals surface area (Å²) in [5.41, 5.74) is 21.3. The summed E-state index contributed by atoms with van der Waals surface area (Å²) >= 11 is 0. The maximum atomic E-state index is 6.68. The zero-order valence-electron chi connectivity index (χ0n) is 37.8. The minimum atomic E-state index is -0.472. The number of nitrogens with zero attached hydrogens (tertiary/aromatic N) is 1. The second-order valence-electron chi connectivity index (χ2n) is 17.9. The Kier molecular flexibility index (Phi) is 9.77. The molecule has 0 N–H and O–H groups in total. The molecular weight excluding hydrogens is 835 g/mol. The van der Waals surface area contributed by atoms with E-state index in [1.807, 2.05) is 6.07 Å². The van der Waals surface area contributed by atoms with Crippen molar-refractivity contribution in [3.05, 3.63) is 295 Å². The molecule has 0 saturated heterocycles. The lowest BCUT2D eigenvalue weighted by atomic mass is 9.67. The average Bonchev–Trinajstić information content (AvgIpc) is 3.97. The molecule has 324 valence electrons. The maximum Gasteiger partial charge on any atom is 0.143 e. The maximum absolute atomic E-state index is 6.68. The van der Waals surface area contributed by atoms with Gasteiger partial charge in [0, 0.05) is 33.3 Å². The van der Waals surface area contributed by atoms with Gasteiger partial charge >= 0.3 is 0 Å². The van der Waals surface area contributed by atoms with Crippen LogP contribution in [0.15, 0.2) is 277 Å². The van der Waals surface area contributed by atoms with Gasteiger partial charge in [0.1, 0.15) is 11.2 Å². The van der Waals surface area contributed by atoms with Gasteiger partial charge in [-0.05, 0) is 103 Å². The number of hydrogen-bond donors (Lipinski definition) is 0. The van der Waals surface area contributed by atoms with Crippen LogP contribution in [-0.2, 0) is 5.41 Å². The van der Waals surface area contributed by atoms with Crippen LogP contribution in [-0.4, -0.2) is 0 Å². The van der Waals surface area contributed by atoms with Gasteiger partial charge in [-0.2, -0.15) is 0 Å². The Labute approximate surface area is 402 Å². The lowest BCUT2D eigenvalue weighted by Gasteiger charge is -2.34. The Morgan fingerprint density at radius 3 is 1.57 bits per heavy atom. The molecule has 1 aliphatic rings. The van der Waals surface area contributed by atoms with E-state index >= 15 is 0 Å². The summed E-state index contributed by atoms with van der Waals surface area (Å²) in [6.07, 6.45) is 0. The Morgan fingerprint density at radius 2 is 0.812 bits per heavy atom. The lowest BCUT2D eigenvalue weighted by molar-refractivity contribution is 0.670. The zero-order valence-corrected chi connectivity index (χ0v) is 37.8. The Hall–Kier alpha value is -8.98. The molecule has 0 radical (unpaired) electrons. The quantitative estimate of drug-likeness (QED) is 0.144. The van der Waals surface area contributed by atoms with E-state index in [0.717, 1.165) is 66.8 Å². The molecule has 69 heavy (non-hydrogen) atoms. The van der Waals surface area contributed by atoms with Crippen molar-refractivity contribution >= 4 is 39.0 Å². The third kappa shape index (κ3) is 6.64. The van der Waals surface area contributed by atoms with Gasteiger partial charge < -0.3 is 9.32 Å². The summed E-state index contributed by atoms with van der Waals surface area (Å²) in [7, 11) is 0. The summed E-state index contributed by atoms with van der Waals surface area (Å²) in [4.78, 5) is 2.41. The van der Waals surface area contributed by atoms with Crippen LogP contribution in [0.4, 0.5) is 17.1 Å². The molecule has 1 heterocycles. The number of para-hydroxylation sites is 3. The van der Waals surface area contributed by atoms with Crippen LogP contribution >= 0.6 is 0 Å². The summed E-state index contributed by atoms with van der Waals surface area (Å²) in [5, 5.41) is 2.22. The van der Waals surface area contributed by atoms with Crippen LogP contribution < -0.4 is 4.90 Å². The molecule has 1 aliphatic carbocycles. The second kappa shape index (κ2) is 16.7. The van der Waals surface area contributed by atoms with Crippen molar-refractivity contribution in [2.75, 3.05) is 4.90 Å². The van der Waals surface area contributed by atoms with Crippen molar-refractivity contribution in [2.24, 2.45) is 0 Å². The molecule has 0 bridgehead atoms. The van der Waals surface area contributed by atoms with Crippen molar-refractivity contribution < 1.29 is 4.42 Å². The van der Waals surface area contributed by atoms with E-state index in [1.54, 1.807) is 0 Å². The largest absolute Gasteiger partial charge is 0.455 e. The predicted molar refractivity (Wildman–Crippen MR) is 287 cm³/mol. The second-order valence-corrected chi connectivity index (χ2v) is 17.9. The standard InChI is InChI=1S/C67H45NO/c1-4-19-46(20-5-1)47-37-39-48(40-38-47)50-21-16-26-54(45-50)68(63-35-14-11-27-56(63)58-31-17-32-59-57-28-12-15-36-64(57)69-66(58)59)53-43-41-49(42-44-53)55-30-18-34-62-65(55)60-29-10-13-33-61(60)67(62,51-22-6-2-7-23-51)52-24-8-3-9-25-52/h1-45H. The smallest absolute Gasteiger partial charge is 0.143 e. The summed E-state index contributed by atoms with van der Waals surface area (Å²) in [6.45, 7) is 0. The number of furan rings is 1. The van der Waals surface area contributed by atoms with E-state index in [4.69, 9.17) is 4.42 Å². The van der Waals surface area contributed by atoms with Gasteiger partial charge in [-0.25, -0.2) is 0 Å². The summed E-state index contributed by atoms with van der Waals surface area (Å²) in [6, 6.07) is 99.1. The van der Waals surface area contributed by atoms with E-state index in [0.29, 0.717) is 0 Å². The molecule has 0 fully saturated rings. The van der Waals surface area contributed by atoms with Gasteiger partial charge in [-0.1, -0.05) is 237 Å². The van der Waals surface area contributed by atoms with Gasteiger partial charge in [-0.15, -0.1) is 0 Å². The molecule has 1 aromatic heterocycles. The third-order valence-electron chi connectivity index (χ3n) is 14.2. The van der Waals surface area contributed by atoms with E-state index in [2.05, 4.69) is 272 Å². The van der Waals surface area contributed by atoms with Crippen molar-refractivity contribution in [1.82, 2.24) is 0 Å². The number of rotatable bonds is 9. The Bertz CT molecular complexity index is 3780. The first kappa shape index (κ1) is 40.3. The van der Waals surface area contributed by atoms with Gasteiger partial charge in [-0.3, -0.25) is 0 Å². The monoisotopic (exact) mass is 879 g/mol. The topological polar surface area (TPSA) is 16.4 Å².